The van der Waals surface area contributed by atoms with E-state index < -0.39 is 5.79 Å². The highest BCUT2D eigenvalue weighted by Crippen LogP contribution is 2.36. The Bertz CT molecular complexity index is 1020. The van der Waals surface area contributed by atoms with Crippen molar-refractivity contribution in [3.05, 3.63) is 45.9 Å². The van der Waals surface area contributed by atoms with Gasteiger partial charge in [0.25, 0.3) is 5.91 Å². The smallest absolute Gasteiger partial charge is 0.257 e. The van der Waals surface area contributed by atoms with Crippen molar-refractivity contribution in [1.29, 1.82) is 0 Å². The van der Waals surface area contributed by atoms with Gasteiger partial charge in [-0.2, -0.15) is 0 Å². The van der Waals surface area contributed by atoms with Crippen LogP contribution >= 0.6 is 35.0 Å². The molecule has 0 spiro atoms. The van der Waals surface area contributed by atoms with Gasteiger partial charge in [-0.3, -0.25) is 10.1 Å². The predicted octanol–water partition coefficient (Wildman–Crippen LogP) is 6.42. The predicted molar refractivity (Wildman–Crippen MR) is 131 cm³/mol. The number of nitrogens with zero attached hydrogens (tertiary/aromatic N) is 1. The summed E-state index contributed by atoms with van der Waals surface area (Å²) in [6.07, 6.45) is 8.04. The van der Waals surface area contributed by atoms with E-state index in [9.17, 15) is 4.79 Å². The molecule has 1 aromatic heterocycles. The number of hydrogen-bond donors (Lipinski definition) is 1. The lowest BCUT2D eigenvalue weighted by Gasteiger charge is -2.16. The van der Waals surface area contributed by atoms with Crippen LogP contribution in [0.3, 0.4) is 0 Å². The van der Waals surface area contributed by atoms with Gasteiger partial charge in [0, 0.05) is 29.3 Å². The van der Waals surface area contributed by atoms with Gasteiger partial charge < -0.3 is 14.4 Å². The molecule has 1 N–H and O–H groups in total. The fraction of sp³-hybridized carbons (Fsp3) is 0.478. The van der Waals surface area contributed by atoms with Crippen LogP contribution in [0.25, 0.3) is 5.57 Å². The number of ether oxygens (including phenoxy) is 2. The summed E-state index contributed by atoms with van der Waals surface area (Å²) in [4.78, 5) is 23.0. The van der Waals surface area contributed by atoms with Crippen molar-refractivity contribution in [3.8, 4) is 5.75 Å². The summed E-state index contributed by atoms with van der Waals surface area (Å²) in [6, 6.07) is 5.23. The molecule has 1 aliphatic heterocycles. The summed E-state index contributed by atoms with van der Waals surface area (Å²) in [5, 5.41) is 5.72. The van der Waals surface area contributed by atoms with Gasteiger partial charge in [0.1, 0.15) is 6.10 Å². The van der Waals surface area contributed by atoms with Gasteiger partial charge in [-0.25, -0.2) is 4.98 Å². The summed E-state index contributed by atoms with van der Waals surface area (Å²) in [7, 11) is 0. The lowest BCUT2D eigenvalue weighted by atomic mass is 9.98. The molecule has 7 nitrogen and oxygen atoms in total. The third-order valence-electron chi connectivity index (χ3n) is 5.56. The monoisotopic (exact) mass is 510 g/mol. The molecule has 0 bridgehead atoms. The Morgan fingerprint density at radius 1 is 1.36 bits per heavy atom. The Balaban J connectivity index is 1.53. The van der Waals surface area contributed by atoms with Crippen LogP contribution in [0, 0.1) is 5.92 Å². The number of allylic oxidation sites excluding steroid dienone is 1. The van der Waals surface area contributed by atoms with Crippen molar-refractivity contribution < 1.29 is 23.5 Å². The minimum atomic E-state index is -0.634. The third kappa shape index (κ3) is 6.29. The molecule has 1 saturated carbocycles. The van der Waals surface area contributed by atoms with Gasteiger partial charge in [0.05, 0.1) is 17.3 Å². The number of anilines is 1. The molecule has 0 radical (unpaired) electrons. The number of carbonyl (C=O) groups is 1. The van der Waals surface area contributed by atoms with Gasteiger partial charge >= 0.3 is 0 Å². The zero-order chi connectivity index (χ0) is 23.4. The number of nitrogens with one attached hydrogen (secondary N) is 1. The molecular formula is C23H27ClN2O5S2. The van der Waals surface area contributed by atoms with E-state index in [1.807, 2.05) is 25.3 Å². The van der Waals surface area contributed by atoms with Gasteiger partial charge in [0.15, 0.2) is 16.7 Å². The molecule has 1 aliphatic carbocycles. The minimum Gasteiger partial charge on any atom is -0.347 e. The van der Waals surface area contributed by atoms with E-state index in [0.717, 1.165) is 30.6 Å². The molecule has 4 rings (SSSR count). The number of amides is 1. The molecule has 33 heavy (non-hydrogen) atoms. The topological polar surface area (TPSA) is 78.9 Å². The quantitative estimate of drug-likeness (QED) is 0.190. The largest absolute Gasteiger partial charge is 0.347 e. The van der Waals surface area contributed by atoms with Crippen LogP contribution in [0.2, 0.25) is 5.02 Å². The van der Waals surface area contributed by atoms with Gasteiger partial charge in [0.2, 0.25) is 0 Å². The number of hydrogen-bond acceptors (Lipinski definition) is 8. The second kappa shape index (κ2) is 10.8. The van der Waals surface area contributed by atoms with Crippen LogP contribution in [-0.2, 0) is 18.6 Å². The first-order valence-electron chi connectivity index (χ1n) is 10.8. The molecule has 178 valence electrons. The summed E-state index contributed by atoms with van der Waals surface area (Å²) in [5.41, 5.74) is 2.03. The molecule has 2 aromatic rings. The molecule has 2 heterocycles. The van der Waals surface area contributed by atoms with E-state index in [0.29, 0.717) is 39.6 Å². The molecule has 1 aromatic carbocycles. The van der Waals surface area contributed by atoms with E-state index in [2.05, 4.69) is 16.4 Å². The van der Waals surface area contributed by atoms with Crippen LogP contribution in [-0.4, -0.2) is 29.5 Å². The first-order chi connectivity index (χ1) is 15.8. The molecule has 1 amide bonds. The third-order valence-corrected chi connectivity index (χ3v) is 6.84. The summed E-state index contributed by atoms with van der Waals surface area (Å²) >= 11 is 8.82. The zero-order valence-corrected chi connectivity index (χ0v) is 21.1. The van der Waals surface area contributed by atoms with Crippen LogP contribution in [0.1, 0.15) is 56.9 Å². The van der Waals surface area contributed by atoms with Crippen molar-refractivity contribution in [2.45, 2.75) is 51.4 Å². The molecule has 2 aliphatic rings. The summed E-state index contributed by atoms with van der Waals surface area (Å²) < 4.78 is 16.4. The number of aromatic nitrogens is 1. The SMILES string of the molecule is CSOOc1ccc(C(=CC2CCCC2)C(=O)Nc2nc(C3COC(C)(C)O3)cs2)cc1Cl. The van der Waals surface area contributed by atoms with E-state index in [1.54, 1.807) is 18.4 Å². The first kappa shape index (κ1) is 24.5. The van der Waals surface area contributed by atoms with Crippen molar-refractivity contribution in [1.82, 2.24) is 4.98 Å². The molecule has 1 atom stereocenters. The Morgan fingerprint density at radius 2 is 2.15 bits per heavy atom. The van der Waals surface area contributed by atoms with Crippen LogP contribution in [0.4, 0.5) is 5.13 Å². The maximum absolute atomic E-state index is 13.3. The summed E-state index contributed by atoms with van der Waals surface area (Å²) in [6.45, 7) is 4.18. The number of thiazole rings is 1. The Hall–Kier alpha value is -1.62. The van der Waals surface area contributed by atoms with Crippen LogP contribution < -0.4 is 10.2 Å². The highest BCUT2D eigenvalue weighted by molar-refractivity contribution is 7.93. The van der Waals surface area contributed by atoms with E-state index >= 15 is 0 Å². The van der Waals surface area contributed by atoms with E-state index in [1.165, 1.54) is 24.2 Å². The minimum absolute atomic E-state index is 0.225. The second-order valence-electron chi connectivity index (χ2n) is 8.44. The average Bonchev–Trinajstić information content (AvgIpc) is 3.52. The van der Waals surface area contributed by atoms with Gasteiger partial charge in [-0.05, 0) is 50.3 Å². The van der Waals surface area contributed by atoms with E-state index in [-0.39, 0.29) is 12.0 Å². The van der Waals surface area contributed by atoms with E-state index in [4.69, 9.17) is 30.3 Å². The molecule has 1 unspecified atom stereocenters. The first-order valence-corrected chi connectivity index (χ1v) is 13.2. The van der Waals surface area contributed by atoms with Crippen molar-refractivity contribution >= 4 is 51.6 Å². The maximum Gasteiger partial charge on any atom is 0.257 e. The van der Waals surface area contributed by atoms with Crippen molar-refractivity contribution in [2.75, 3.05) is 18.2 Å². The number of halogens is 1. The lowest BCUT2D eigenvalue weighted by molar-refractivity contribution is -0.139. The molecular weight excluding hydrogens is 484 g/mol. The normalized spacial score (nSPS) is 20.8. The van der Waals surface area contributed by atoms with Crippen LogP contribution in [0.5, 0.6) is 5.75 Å². The molecule has 1 saturated heterocycles. The molecule has 10 heteroatoms. The summed E-state index contributed by atoms with van der Waals surface area (Å²) in [5.74, 6) is -0.109. The second-order valence-corrected chi connectivity index (χ2v) is 10.2. The number of benzene rings is 1. The van der Waals surface area contributed by atoms with Gasteiger partial charge in [-0.1, -0.05) is 36.6 Å². The van der Waals surface area contributed by atoms with Gasteiger partial charge in [-0.15, -0.1) is 15.7 Å². The lowest BCUT2D eigenvalue weighted by Crippen LogP contribution is -2.19. The fourth-order valence-electron chi connectivity index (χ4n) is 3.96. The maximum atomic E-state index is 13.3. The molecule has 2 fully saturated rings. The fourth-order valence-corrected chi connectivity index (χ4v) is 5.06. The standard InChI is InChI=1S/C23H27ClN2O5S2/c1-23(2)28-12-20(29-23)18-13-33-22(25-18)26-21(27)16(10-14-6-4-5-7-14)15-8-9-19(17(24)11-15)30-31-32-3/h8-11,13-14,20H,4-7,12H2,1-3H3,(H,25,26,27). The highest BCUT2D eigenvalue weighted by Gasteiger charge is 2.35. The number of rotatable bonds is 8. The average molecular weight is 511 g/mol. The Kier molecular flexibility index (Phi) is 7.99. The Morgan fingerprint density at radius 3 is 2.82 bits per heavy atom. The zero-order valence-electron chi connectivity index (χ0n) is 18.8. The number of carbonyl (C=O) groups excluding carboxylic acids is 1. The van der Waals surface area contributed by atoms with Crippen molar-refractivity contribution in [3.63, 3.8) is 0 Å². The highest BCUT2D eigenvalue weighted by atomic mass is 35.5. The Labute approximate surface area is 206 Å². The van der Waals surface area contributed by atoms with Crippen LogP contribution in [0.15, 0.2) is 29.7 Å². The van der Waals surface area contributed by atoms with Crippen molar-refractivity contribution in [2.24, 2.45) is 5.92 Å².